The molecule has 1 aromatic carbocycles. The minimum atomic E-state index is -4.34. The van der Waals surface area contributed by atoms with Gasteiger partial charge in [0.1, 0.15) is 5.75 Å². The molecule has 5 heteroatoms. The van der Waals surface area contributed by atoms with Gasteiger partial charge in [0.15, 0.2) is 0 Å². The summed E-state index contributed by atoms with van der Waals surface area (Å²) in [6.07, 6.45) is -3.25. The summed E-state index contributed by atoms with van der Waals surface area (Å²) in [5.41, 5.74) is 0.0995. The van der Waals surface area contributed by atoms with E-state index in [2.05, 4.69) is 0 Å². The van der Waals surface area contributed by atoms with E-state index >= 15 is 0 Å². The molecule has 2 nitrogen and oxygen atoms in total. The highest BCUT2D eigenvalue weighted by atomic mass is 19.4. The van der Waals surface area contributed by atoms with Gasteiger partial charge in [-0.3, -0.25) is 0 Å². The van der Waals surface area contributed by atoms with Gasteiger partial charge in [-0.1, -0.05) is 13.0 Å². The summed E-state index contributed by atoms with van der Waals surface area (Å²) >= 11 is 0. The van der Waals surface area contributed by atoms with E-state index in [1.165, 1.54) is 13.2 Å². The first kappa shape index (κ1) is 14.2. The molecule has 0 aliphatic carbocycles. The monoisotopic (exact) mass is 274 g/mol. The van der Waals surface area contributed by atoms with E-state index in [4.69, 9.17) is 9.47 Å². The number of halogens is 3. The Bertz CT molecular complexity index is 456. The van der Waals surface area contributed by atoms with E-state index < -0.39 is 11.7 Å². The number of hydrogen-bond donors (Lipinski definition) is 0. The van der Waals surface area contributed by atoms with E-state index in [1.807, 2.05) is 13.8 Å². The number of epoxide rings is 1. The zero-order chi connectivity index (χ0) is 14.2. The molecule has 0 N–H and O–H groups in total. The molecule has 1 fully saturated rings. The predicted molar refractivity (Wildman–Crippen MR) is 65.2 cm³/mol. The minimum Gasteiger partial charge on any atom is -0.496 e. The standard InChI is InChI=1S/C14H17F3O2/c1-8(13-9(2)19-13)6-10-4-5-11(14(15,16)17)7-12(10)18-3/h4-5,7-9,13H,6H2,1-3H3. The molecule has 0 radical (unpaired) electrons. The lowest BCUT2D eigenvalue weighted by Crippen LogP contribution is -2.11. The van der Waals surface area contributed by atoms with Crippen LogP contribution in [0.3, 0.4) is 0 Å². The van der Waals surface area contributed by atoms with Crippen LogP contribution >= 0.6 is 0 Å². The fourth-order valence-corrected chi connectivity index (χ4v) is 2.35. The summed E-state index contributed by atoms with van der Waals surface area (Å²) in [4.78, 5) is 0. The molecule has 1 saturated heterocycles. The van der Waals surface area contributed by atoms with Crippen molar-refractivity contribution < 1.29 is 22.6 Å². The molecule has 0 amide bonds. The third-order valence-electron chi connectivity index (χ3n) is 3.47. The van der Waals surface area contributed by atoms with Crippen LogP contribution in [0.4, 0.5) is 13.2 Å². The first-order valence-electron chi connectivity index (χ1n) is 6.22. The van der Waals surface area contributed by atoms with E-state index in [0.29, 0.717) is 6.42 Å². The van der Waals surface area contributed by atoms with Gasteiger partial charge in [0.05, 0.1) is 24.9 Å². The number of hydrogen-bond acceptors (Lipinski definition) is 2. The second kappa shape index (κ2) is 5.04. The molecule has 19 heavy (non-hydrogen) atoms. The topological polar surface area (TPSA) is 21.8 Å². The first-order valence-corrected chi connectivity index (χ1v) is 6.22. The lowest BCUT2D eigenvalue weighted by Gasteiger charge is -2.15. The smallest absolute Gasteiger partial charge is 0.416 e. The van der Waals surface area contributed by atoms with Crippen LogP contribution in [0, 0.1) is 5.92 Å². The van der Waals surface area contributed by atoms with Gasteiger partial charge < -0.3 is 9.47 Å². The Balaban J connectivity index is 2.16. The minimum absolute atomic E-state index is 0.201. The zero-order valence-corrected chi connectivity index (χ0v) is 11.1. The van der Waals surface area contributed by atoms with Gasteiger partial charge >= 0.3 is 6.18 Å². The molecule has 2 rings (SSSR count). The van der Waals surface area contributed by atoms with Gasteiger partial charge in [0.25, 0.3) is 0 Å². The molecule has 0 spiro atoms. The van der Waals surface area contributed by atoms with Crippen LogP contribution in [0.25, 0.3) is 0 Å². The average Bonchev–Trinajstić information content (AvgIpc) is 3.05. The lowest BCUT2D eigenvalue weighted by atomic mass is 9.95. The summed E-state index contributed by atoms with van der Waals surface area (Å²) in [5, 5.41) is 0. The predicted octanol–water partition coefficient (Wildman–Crippen LogP) is 3.68. The highest BCUT2D eigenvalue weighted by Crippen LogP contribution is 2.36. The van der Waals surface area contributed by atoms with Crippen LogP contribution in [0.2, 0.25) is 0 Å². The van der Waals surface area contributed by atoms with Crippen LogP contribution in [-0.4, -0.2) is 19.3 Å². The fourth-order valence-electron chi connectivity index (χ4n) is 2.35. The van der Waals surface area contributed by atoms with Crippen molar-refractivity contribution >= 4 is 0 Å². The second-order valence-electron chi connectivity index (χ2n) is 5.01. The molecule has 3 unspecified atom stereocenters. The van der Waals surface area contributed by atoms with Gasteiger partial charge in [-0.15, -0.1) is 0 Å². The first-order chi connectivity index (χ1) is 8.82. The molecular weight excluding hydrogens is 257 g/mol. The molecule has 1 heterocycles. The highest BCUT2D eigenvalue weighted by molar-refractivity contribution is 5.39. The summed E-state index contributed by atoms with van der Waals surface area (Å²) in [7, 11) is 1.39. The molecular formula is C14H17F3O2. The number of rotatable bonds is 4. The van der Waals surface area contributed by atoms with Gasteiger partial charge in [0.2, 0.25) is 0 Å². The van der Waals surface area contributed by atoms with Crippen LogP contribution < -0.4 is 4.74 Å². The van der Waals surface area contributed by atoms with Crippen molar-refractivity contribution in [2.75, 3.05) is 7.11 Å². The number of alkyl halides is 3. The Hall–Kier alpha value is -1.23. The zero-order valence-electron chi connectivity index (χ0n) is 11.1. The van der Waals surface area contributed by atoms with Gasteiger partial charge in [-0.2, -0.15) is 13.2 Å². The maximum atomic E-state index is 12.6. The molecule has 0 bridgehead atoms. The van der Waals surface area contributed by atoms with Crippen molar-refractivity contribution in [2.45, 2.75) is 38.7 Å². The van der Waals surface area contributed by atoms with Crippen molar-refractivity contribution in [1.29, 1.82) is 0 Å². The van der Waals surface area contributed by atoms with Gasteiger partial charge in [-0.05, 0) is 37.0 Å². The van der Waals surface area contributed by atoms with E-state index in [9.17, 15) is 13.2 Å². The van der Waals surface area contributed by atoms with Gasteiger partial charge in [-0.25, -0.2) is 0 Å². The molecule has 3 atom stereocenters. The summed E-state index contributed by atoms with van der Waals surface area (Å²) in [6, 6.07) is 3.65. The highest BCUT2D eigenvalue weighted by Gasteiger charge is 2.39. The number of methoxy groups -OCH3 is 1. The number of ether oxygens (including phenoxy) is 2. The quantitative estimate of drug-likeness (QED) is 0.781. The summed E-state index contributed by atoms with van der Waals surface area (Å²) in [6.45, 7) is 4.02. The Kier molecular flexibility index (Phi) is 3.76. The summed E-state index contributed by atoms with van der Waals surface area (Å²) < 4.78 is 48.3. The van der Waals surface area contributed by atoms with E-state index in [1.54, 1.807) is 0 Å². The third-order valence-corrected chi connectivity index (χ3v) is 3.47. The van der Waals surface area contributed by atoms with Crippen LogP contribution in [0.5, 0.6) is 5.75 Å². The number of benzene rings is 1. The Morgan fingerprint density at radius 2 is 2.00 bits per heavy atom. The van der Waals surface area contributed by atoms with Crippen molar-refractivity contribution in [3.05, 3.63) is 29.3 Å². The van der Waals surface area contributed by atoms with Crippen molar-refractivity contribution in [2.24, 2.45) is 5.92 Å². The van der Waals surface area contributed by atoms with Crippen molar-refractivity contribution in [3.8, 4) is 5.75 Å². The fraction of sp³-hybridized carbons (Fsp3) is 0.571. The molecule has 1 aliphatic rings. The molecule has 106 valence electrons. The second-order valence-corrected chi connectivity index (χ2v) is 5.01. The van der Waals surface area contributed by atoms with E-state index in [-0.39, 0.29) is 23.9 Å². The Morgan fingerprint density at radius 1 is 1.37 bits per heavy atom. The van der Waals surface area contributed by atoms with Crippen LogP contribution in [0.1, 0.15) is 25.0 Å². The SMILES string of the molecule is COc1cc(C(F)(F)F)ccc1CC(C)C1OC1C. The third kappa shape index (κ3) is 3.21. The molecule has 0 saturated carbocycles. The Morgan fingerprint density at radius 3 is 2.47 bits per heavy atom. The van der Waals surface area contributed by atoms with Gasteiger partial charge in [0, 0.05) is 0 Å². The van der Waals surface area contributed by atoms with Crippen LogP contribution in [0.15, 0.2) is 18.2 Å². The summed E-state index contributed by atoms with van der Waals surface area (Å²) in [5.74, 6) is 0.551. The van der Waals surface area contributed by atoms with Crippen molar-refractivity contribution in [1.82, 2.24) is 0 Å². The lowest BCUT2D eigenvalue weighted by molar-refractivity contribution is -0.137. The normalized spacial score (nSPS) is 24.1. The maximum Gasteiger partial charge on any atom is 0.416 e. The van der Waals surface area contributed by atoms with Crippen molar-refractivity contribution in [3.63, 3.8) is 0 Å². The van der Waals surface area contributed by atoms with Crippen LogP contribution in [-0.2, 0) is 17.3 Å². The molecule has 0 aromatic heterocycles. The molecule has 1 aromatic rings. The van der Waals surface area contributed by atoms with E-state index in [0.717, 1.165) is 17.7 Å². The largest absolute Gasteiger partial charge is 0.496 e. The molecule has 1 aliphatic heterocycles. The Labute approximate surface area is 110 Å². The maximum absolute atomic E-state index is 12.6. The average molecular weight is 274 g/mol.